The highest BCUT2D eigenvalue weighted by Gasteiger charge is 2.24. The summed E-state index contributed by atoms with van der Waals surface area (Å²) in [5, 5.41) is 13.6. The summed E-state index contributed by atoms with van der Waals surface area (Å²) >= 11 is 3.36. The monoisotopic (exact) mass is 570 g/mol. The van der Waals surface area contributed by atoms with Crippen molar-refractivity contribution in [3.63, 3.8) is 0 Å². The number of benzene rings is 3. The quantitative estimate of drug-likeness (QED) is 0.124. The maximum atomic E-state index is 12.4. The van der Waals surface area contributed by atoms with Crippen molar-refractivity contribution in [1.82, 2.24) is 0 Å². The van der Waals surface area contributed by atoms with E-state index in [2.05, 4.69) is 21.2 Å². The Morgan fingerprint density at radius 3 is 2.14 bits per heavy atom. The smallest absolute Gasteiger partial charge is 0.316 e. The Morgan fingerprint density at radius 1 is 1.00 bits per heavy atom. The van der Waals surface area contributed by atoms with Gasteiger partial charge in [-0.2, -0.15) is 0 Å². The largest absolute Gasteiger partial charge is 0.426 e. The summed E-state index contributed by atoms with van der Waals surface area (Å²) < 4.78 is 5.90. The fraction of sp³-hybridized carbons (Fsp3) is 0.192. The van der Waals surface area contributed by atoms with Crippen molar-refractivity contribution in [1.29, 1.82) is 0 Å². The van der Waals surface area contributed by atoms with E-state index >= 15 is 0 Å². The maximum Gasteiger partial charge on any atom is 0.316 e. The number of primary amides is 1. The summed E-state index contributed by atoms with van der Waals surface area (Å²) in [4.78, 5) is 45.3. The van der Waals surface area contributed by atoms with Gasteiger partial charge in [0.25, 0.3) is 11.6 Å². The highest BCUT2D eigenvalue weighted by molar-refractivity contribution is 9.10. The number of nitrogen functional groups attached to an aromatic ring is 1. The number of rotatable bonds is 5. The molecule has 3 rings (SSSR count). The number of nitrogens with two attached hydrogens (primary N) is 2. The molecule has 0 bridgehead atoms. The van der Waals surface area contributed by atoms with Crippen molar-refractivity contribution in [2.24, 2.45) is 11.1 Å². The van der Waals surface area contributed by atoms with Crippen LogP contribution in [0.25, 0.3) is 0 Å². The summed E-state index contributed by atoms with van der Waals surface area (Å²) in [6, 6.07) is 15.2. The van der Waals surface area contributed by atoms with Gasteiger partial charge in [0, 0.05) is 33.4 Å². The Morgan fingerprint density at radius 2 is 1.62 bits per heavy atom. The van der Waals surface area contributed by atoms with Crippen LogP contribution in [0.1, 0.15) is 47.1 Å². The van der Waals surface area contributed by atoms with E-state index in [9.17, 15) is 24.5 Å². The Hall–Kier alpha value is -4.25. The molecule has 0 saturated heterocycles. The zero-order chi connectivity index (χ0) is 27.9. The van der Waals surface area contributed by atoms with E-state index in [0.717, 1.165) is 0 Å². The van der Waals surface area contributed by atoms with Crippen LogP contribution in [0.15, 0.2) is 65.1 Å². The Balaban J connectivity index is 0.000000402. The standard InChI is InChI=1S/C19H19BrN2O5.C7H8N2O/c1-11-8-14(27-18(24)19(2,3)4)10-15(20)16(11)21-17(23)12-6-5-7-13(9-12)22(25)26;8-6-3-1-2-5(4-6)7(9)10/h5-10H,1-4H3,(H,21,23);1-4H,8H2,(H2,9,10). The molecule has 0 saturated carbocycles. The SMILES string of the molecule is Cc1cc(OC(=O)C(C)(C)C)cc(Br)c1NC(=O)c1cccc([N+](=O)[O-])c1.NC(=O)c1cccc(N)c1. The molecule has 0 aliphatic carbocycles. The second-order valence-electron chi connectivity index (χ2n) is 8.99. The third-order valence-corrected chi connectivity index (χ3v) is 5.44. The second kappa shape index (κ2) is 12.1. The number of esters is 1. The minimum Gasteiger partial charge on any atom is -0.426 e. The lowest BCUT2D eigenvalue weighted by molar-refractivity contribution is -0.384. The van der Waals surface area contributed by atoms with Crippen molar-refractivity contribution in [3.8, 4) is 5.75 Å². The third kappa shape index (κ3) is 8.43. The number of hydrogen-bond acceptors (Lipinski definition) is 7. The molecular formula is C26H27BrN4O6. The second-order valence-corrected chi connectivity index (χ2v) is 9.84. The average molecular weight is 571 g/mol. The molecule has 5 N–H and O–H groups in total. The molecule has 0 aromatic heterocycles. The van der Waals surface area contributed by atoms with Gasteiger partial charge in [0.2, 0.25) is 5.91 Å². The molecule has 0 aliphatic rings. The first kappa shape index (κ1) is 29.0. The number of carbonyl (C=O) groups excluding carboxylic acids is 3. The molecule has 2 amide bonds. The Kier molecular flexibility index (Phi) is 9.50. The van der Waals surface area contributed by atoms with Crippen molar-refractivity contribution >= 4 is 50.8 Å². The van der Waals surface area contributed by atoms with E-state index in [1.54, 1.807) is 64.1 Å². The molecule has 0 atom stereocenters. The van der Waals surface area contributed by atoms with E-state index in [4.69, 9.17) is 16.2 Å². The highest BCUT2D eigenvalue weighted by Crippen LogP contribution is 2.33. The predicted molar refractivity (Wildman–Crippen MR) is 144 cm³/mol. The van der Waals surface area contributed by atoms with Crippen LogP contribution in [0, 0.1) is 22.5 Å². The van der Waals surface area contributed by atoms with Gasteiger partial charge in [0.15, 0.2) is 0 Å². The number of anilines is 2. The number of carbonyl (C=O) groups is 3. The van der Waals surface area contributed by atoms with Crippen molar-refractivity contribution < 1.29 is 24.0 Å². The number of aryl methyl sites for hydroxylation is 1. The van der Waals surface area contributed by atoms with E-state index < -0.39 is 22.2 Å². The van der Waals surface area contributed by atoms with Crippen molar-refractivity contribution in [3.05, 3.63) is 91.9 Å². The zero-order valence-electron chi connectivity index (χ0n) is 20.7. The molecule has 3 aromatic carbocycles. The van der Waals surface area contributed by atoms with Gasteiger partial charge in [0.1, 0.15) is 5.75 Å². The fourth-order valence-corrected chi connectivity index (χ4v) is 3.47. The molecule has 10 nitrogen and oxygen atoms in total. The van der Waals surface area contributed by atoms with Crippen LogP contribution < -0.4 is 21.5 Å². The number of nitrogens with zero attached hydrogens (tertiary/aromatic N) is 1. The maximum absolute atomic E-state index is 12.4. The molecule has 194 valence electrons. The number of nitrogens with one attached hydrogen (secondary N) is 1. The molecule has 0 unspecified atom stereocenters. The van der Waals surface area contributed by atoms with Gasteiger partial charge in [-0.05, 0) is 85.6 Å². The van der Waals surface area contributed by atoms with E-state index in [-0.39, 0.29) is 17.2 Å². The topological polar surface area (TPSA) is 168 Å². The van der Waals surface area contributed by atoms with E-state index in [1.165, 1.54) is 24.3 Å². The first-order valence-corrected chi connectivity index (χ1v) is 11.7. The lowest BCUT2D eigenvalue weighted by atomic mass is 9.97. The minimum absolute atomic E-state index is 0.164. The molecule has 11 heteroatoms. The van der Waals surface area contributed by atoms with Gasteiger partial charge in [-0.3, -0.25) is 24.5 Å². The third-order valence-electron chi connectivity index (χ3n) is 4.81. The van der Waals surface area contributed by atoms with Gasteiger partial charge >= 0.3 is 5.97 Å². The highest BCUT2D eigenvalue weighted by atomic mass is 79.9. The molecular weight excluding hydrogens is 544 g/mol. The van der Waals surface area contributed by atoms with Crippen LogP contribution in [-0.2, 0) is 4.79 Å². The van der Waals surface area contributed by atoms with Crippen LogP contribution in [0.4, 0.5) is 17.1 Å². The van der Waals surface area contributed by atoms with Crippen LogP contribution in [0.3, 0.4) is 0 Å². The zero-order valence-corrected chi connectivity index (χ0v) is 22.3. The van der Waals surface area contributed by atoms with Crippen LogP contribution >= 0.6 is 15.9 Å². The van der Waals surface area contributed by atoms with Crippen molar-refractivity contribution in [2.45, 2.75) is 27.7 Å². The van der Waals surface area contributed by atoms with Gasteiger partial charge in [-0.25, -0.2) is 0 Å². The lowest BCUT2D eigenvalue weighted by Gasteiger charge is -2.18. The molecule has 3 aromatic rings. The van der Waals surface area contributed by atoms with Crippen LogP contribution in [0.2, 0.25) is 0 Å². The normalized spacial score (nSPS) is 10.5. The van der Waals surface area contributed by atoms with Gasteiger partial charge < -0.3 is 21.5 Å². The minimum atomic E-state index is -0.644. The van der Waals surface area contributed by atoms with Gasteiger partial charge in [-0.1, -0.05) is 12.1 Å². The molecule has 0 heterocycles. The number of ether oxygens (including phenoxy) is 1. The lowest BCUT2D eigenvalue weighted by Crippen LogP contribution is -2.25. The number of hydrogen-bond donors (Lipinski definition) is 3. The number of nitro groups is 1. The first-order valence-electron chi connectivity index (χ1n) is 10.9. The summed E-state index contributed by atoms with van der Waals surface area (Å²) in [6.45, 7) is 7.02. The van der Waals surface area contributed by atoms with E-state index in [0.29, 0.717) is 32.7 Å². The fourth-order valence-electron chi connectivity index (χ4n) is 2.83. The molecule has 0 aliphatic heterocycles. The molecule has 0 spiro atoms. The van der Waals surface area contributed by atoms with Gasteiger partial charge in [0.05, 0.1) is 16.0 Å². The molecule has 0 radical (unpaired) electrons. The average Bonchev–Trinajstić information content (AvgIpc) is 2.81. The number of non-ortho nitro benzene ring substituents is 1. The summed E-state index contributed by atoms with van der Waals surface area (Å²) in [5.41, 5.74) is 11.9. The number of amides is 2. The van der Waals surface area contributed by atoms with Gasteiger partial charge in [-0.15, -0.1) is 0 Å². The van der Waals surface area contributed by atoms with E-state index in [1.807, 2.05) is 0 Å². The van der Waals surface area contributed by atoms with Crippen LogP contribution in [0.5, 0.6) is 5.75 Å². The molecule has 0 fully saturated rings. The number of halogens is 1. The Labute approximate surface area is 222 Å². The Bertz CT molecular complexity index is 1330. The predicted octanol–water partition coefficient (Wildman–Crippen LogP) is 5.24. The van der Waals surface area contributed by atoms with Crippen LogP contribution in [-0.4, -0.2) is 22.7 Å². The van der Waals surface area contributed by atoms with Crippen molar-refractivity contribution in [2.75, 3.05) is 11.1 Å². The molecule has 37 heavy (non-hydrogen) atoms. The summed E-state index contributed by atoms with van der Waals surface area (Å²) in [6.07, 6.45) is 0. The number of nitro benzene ring substituents is 1. The summed E-state index contributed by atoms with van der Waals surface area (Å²) in [5.74, 6) is -0.955. The summed E-state index contributed by atoms with van der Waals surface area (Å²) in [7, 11) is 0. The first-order chi connectivity index (χ1) is 17.2.